The SMILES string of the molecule is Cc1cc(-c2noc(CCCC(=O)NCCCNC3=C4C=CC=CC4C(=O)N=N3)n2)no1. The number of amides is 2. The van der Waals surface area contributed by atoms with Crippen LogP contribution in [0.25, 0.3) is 11.5 Å². The smallest absolute Gasteiger partial charge is 0.276 e. The number of aromatic nitrogens is 3. The van der Waals surface area contributed by atoms with Crippen molar-refractivity contribution < 1.29 is 18.6 Å². The maximum Gasteiger partial charge on any atom is 0.276 e. The molecule has 1 atom stereocenters. The Morgan fingerprint density at radius 1 is 1.12 bits per heavy atom. The van der Waals surface area contributed by atoms with E-state index in [0.717, 1.165) is 5.57 Å². The highest BCUT2D eigenvalue weighted by atomic mass is 16.5. The first-order valence-electron chi connectivity index (χ1n) is 10.4. The summed E-state index contributed by atoms with van der Waals surface area (Å²) in [6.07, 6.45) is 9.53. The van der Waals surface area contributed by atoms with Crippen molar-refractivity contribution in [1.29, 1.82) is 0 Å². The molecule has 2 aliphatic rings. The monoisotopic (exact) mass is 437 g/mol. The zero-order valence-electron chi connectivity index (χ0n) is 17.6. The second-order valence-corrected chi connectivity index (χ2v) is 7.38. The van der Waals surface area contributed by atoms with Crippen LogP contribution in [0.5, 0.6) is 0 Å². The van der Waals surface area contributed by atoms with Crippen LogP contribution in [0.3, 0.4) is 0 Å². The maximum atomic E-state index is 12.0. The number of hydrogen-bond acceptors (Lipinski definition) is 9. The van der Waals surface area contributed by atoms with E-state index in [4.69, 9.17) is 9.05 Å². The summed E-state index contributed by atoms with van der Waals surface area (Å²) in [5.41, 5.74) is 1.34. The number of nitrogens with zero attached hydrogens (tertiary/aromatic N) is 5. The first-order valence-corrected chi connectivity index (χ1v) is 10.4. The lowest BCUT2D eigenvalue weighted by Gasteiger charge is -2.20. The molecule has 1 unspecified atom stereocenters. The predicted molar refractivity (Wildman–Crippen MR) is 112 cm³/mol. The third-order valence-electron chi connectivity index (χ3n) is 4.90. The fourth-order valence-electron chi connectivity index (χ4n) is 3.28. The number of nitrogens with one attached hydrogen (secondary N) is 2. The van der Waals surface area contributed by atoms with Crippen LogP contribution in [0, 0.1) is 12.8 Å². The molecule has 0 spiro atoms. The van der Waals surface area contributed by atoms with E-state index < -0.39 is 0 Å². The molecule has 1 aliphatic heterocycles. The molecule has 2 N–H and O–H groups in total. The van der Waals surface area contributed by atoms with Crippen LogP contribution < -0.4 is 10.6 Å². The molecule has 0 saturated carbocycles. The molecule has 0 fully saturated rings. The van der Waals surface area contributed by atoms with Crippen molar-refractivity contribution in [2.45, 2.75) is 32.6 Å². The van der Waals surface area contributed by atoms with Crippen LogP contribution >= 0.6 is 0 Å². The number of rotatable bonds is 10. The number of hydrogen-bond donors (Lipinski definition) is 2. The Bertz CT molecular complexity index is 1110. The van der Waals surface area contributed by atoms with Crippen molar-refractivity contribution in [2.75, 3.05) is 13.1 Å². The molecule has 1 aliphatic carbocycles. The molecule has 2 amide bonds. The maximum absolute atomic E-state index is 12.0. The van der Waals surface area contributed by atoms with Crippen LogP contribution in [0.2, 0.25) is 0 Å². The molecule has 2 aromatic heterocycles. The van der Waals surface area contributed by atoms with Gasteiger partial charge in [0.05, 0.1) is 5.92 Å². The van der Waals surface area contributed by atoms with E-state index in [0.29, 0.717) is 67.8 Å². The van der Waals surface area contributed by atoms with Crippen LogP contribution in [-0.2, 0) is 16.0 Å². The van der Waals surface area contributed by atoms with Gasteiger partial charge in [0, 0.05) is 37.6 Å². The van der Waals surface area contributed by atoms with Gasteiger partial charge in [-0.2, -0.15) is 4.98 Å². The molecule has 2 aromatic rings. The van der Waals surface area contributed by atoms with E-state index >= 15 is 0 Å². The Hall–Kier alpha value is -3.89. The molecule has 0 aromatic carbocycles. The van der Waals surface area contributed by atoms with Gasteiger partial charge in [0.15, 0.2) is 11.5 Å². The van der Waals surface area contributed by atoms with Crippen LogP contribution in [0.15, 0.2) is 61.0 Å². The highest BCUT2D eigenvalue weighted by molar-refractivity contribution is 5.86. The summed E-state index contributed by atoms with van der Waals surface area (Å²) in [6.45, 7) is 2.91. The van der Waals surface area contributed by atoms with Crippen molar-refractivity contribution in [3.8, 4) is 11.5 Å². The van der Waals surface area contributed by atoms with Crippen LogP contribution in [0.1, 0.15) is 30.9 Å². The average molecular weight is 437 g/mol. The largest absolute Gasteiger partial charge is 0.368 e. The highest BCUT2D eigenvalue weighted by Crippen LogP contribution is 2.27. The van der Waals surface area contributed by atoms with E-state index in [9.17, 15) is 9.59 Å². The van der Waals surface area contributed by atoms with Gasteiger partial charge in [-0.15, -0.1) is 10.2 Å². The Kier molecular flexibility index (Phi) is 6.63. The molecule has 32 heavy (non-hydrogen) atoms. The summed E-state index contributed by atoms with van der Waals surface area (Å²) in [6, 6.07) is 1.73. The van der Waals surface area contributed by atoms with Gasteiger partial charge in [0.1, 0.15) is 5.76 Å². The van der Waals surface area contributed by atoms with Gasteiger partial charge in [0.2, 0.25) is 17.6 Å². The van der Waals surface area contributed by atoms with Gasteiger partial charge in [-0.1, -0.05) is 34.6 Å². The van der Waals surface area contributed by atoms with Gasteiger partial charge in [-0.05, 0) is 19.8 Å². The molecule has 0 saturated heterocycles. The number of carbonyl (C=O) groups excluding carboxylic acids is 2. The summed E-state index contributed by atoms with van der Waals surface area (Å²) in [5.74, 6) is 1.43. The van der Waals surface area contributed by atoms with Crippen molar-refractivity contribution >= 4 is 11.8 Å². The first-order chi connectivity index (χ1) is 15.6. The minimum atomic E-state index is -0.366. The summed E-state index contributed by atoms with van der Waals surface area (Å²) in [5, 5.41) is 21.4. The Balaban J connectivity index is 1.12. The van der Waals surface area contributed by atoms with E-state index in [1.165, 1.54) is 0 Å². The lowest BCUT2D eigenvalue weighted by atomic mass is 9.93. The Morgan fingerprint density at radius 3 is 2.88 bits per heavy atom. The quantitative estimate of drug-likeness (QED) is 0.538. The number of fused-ring (bicyclic) bond motifs is 1. The number of carbonyl (C=O) groups is 2. The van der Waals surface area contributed by atoms with E-state index in [1.54, 1.807) is 13.0 Å². The summed E-state index contributed by atoms with van der Waals surface area (Å²) >= 11 is 0. The molecule has 11 heteroatoms. The first kappa shape index (κ1) is 21.3. The molecule has 166 valence electrons. The van der Waals surface area contributed by atoms with E-state index in [2.05, 4.69) is 36.2 Å². The zero-order valence-corrected chi connectivity index (χ0v) is 17.6. The van der Waals surface area contributed by atoms with Gasteiger partial charge in [-0.25, -0.2) is 0 Å². The van der Waals surface area contributed by atoms with Crippen LogP contribution in [-0.4, -0.2) is 40.2 Å². The minimum absolute atomic E-state index is 0.0396. The molecule has 0 radical (unpaired) electrons. The molecular weight excluding hydrogens is 414 g/mol. The number of aryl methyl sites for hydroxylation is 2. The Morgan fingerprint density at radius 2 is 2.03 bits per heavy atom. The number of allylic oxidation sites excluding steroid dienone is 3. The third kappa shape index (κ3) is 5.23. The molecule has 4 rings (SSSR count). The van der Waals surface area contributed by atoms with Gasteiger partial charge >= 0.3 is 0 Å². The normalized spacial score (nSPS) is 17.0. The van der Waals surface area contributed by atoms with E-state index in [-0.39, 0.29) is 17.7 Å². The molecular formula is C21H23N7O4. The van der Waals surface area contributed by atoms with Gasteiger partial charge < -0.3 is 19.7 Å². The summed E-state index contributed by atoms with van der Waals surface area (Å²) in [4.78, 5) is 28.1. The lowest BCUT2D eigenvalue weighted by Crippen LogP contribution is -2.28. The predicted octanol–water partition coefficient (Wildman–Crippen LogP) is 2.40. The topological polar surface area (TPSA) is 148 Å². The average Bonchev–Trinajstić information content (AvgIpc) is 3.44. The molecule has 0 bridgehead atoms. The van der Waals surface area contributed by atoms with Gasteiger partial charge in [0.25, 0.3) is 5.91 Å². The van der Waals surface area contributed by atoms with Crippen molar-refractivity contribution in [3.05, 3.63) is 53.4 Å². The minimum Gasteiger partial charge on any atom is -0.368 e. The van der Waals surface area contributed by atoms with Crippen molar-refractivity contribution in [2.24, 2.45) is 16.1 Å². The second kappa shape index (κ2) is 9.94. The number of azo groups is 1. The van der Waals surface area contributed by atoms with Crippen LogP contribution in [0.4, 0.5) is 0 Å². The standard InChI is InChI=1S/C21H23N7O4/c1-13-12-16(27-31-13)20-24-18(32-28-20)9-4-8-17(29)22-10-5-11-23-19-14-6-2-3-7-15(14)21(30)26-25-19/h2-3,6-7,12,15,23H,4-5,8-11H2,1H3,(H,22,29). The lowest BCUT2D eigenvalue weighted by molar-refractivity contribution is -0.121. The molecule has 11 nitrogen and oxygen atoms in total. The van der Waals surface area contributed by atoms with Crippen molar-refractivity contribution in [3.63, 3.8) is 0 Å². The third-order valence-corrected chi connectivity index (χ3v) is 4.90. The Labute approximate surface area is 183 Å². The van der Waals surface area contributed by atoms with Crippen molar-refractivity contribution in [1.82, 2.24) is 25.9 Å². The fourth-order valence-corrected chi connectivity index (χ4v) is 3.28. The zero-order chi connectivity index (χ0) is 22.3. The summed E-state index contributed by atoms with van der Waals surface area (Å²) < 4.78 is 10.2. The fraction of sp³-hybridized carbons (Fsp3) is 0.381. The molecule has 3 heterocycles. The van der Waals surface area contributed by atoms with E-state index in [1.807, 2.05) is 24.3 Å². The second-order valence-electron chi connectivity index (χ2n) is 7.38. The highest BCUT2D eigenvalue weighted by Gasteiger charge is 2.26. The summed E-state index contributed by atoms with van der Waals surface area (Å²) in [7, 11) is 0. The van der Waals surface area contributed by atoms with Gasteiger partial charge in [-0.3, -0.25) is 9.59 Å².